The minimum absolute atomic E-state index is 0.0286. The average molecular weight is 465 g/mol. The number of aromatic nitrogens is 3. The molecule has 0 aliphatic heterocycles. The molecule has 12 heteroatoms. The maximum absolute atomic E-state index is 12.1. The van der Waals surface area contributed by atoms with E-state index in [1.165, 1.54) is 31.3 Å². The van der Waals surface area contributed by atoms with Crippen LogP contribution in [0.5, 0.6) is 0 Å². The Labute approximate surface area is 185 Å². The van der Waals surface area contributed by atoms with E-state index in [0.29, 0.717) is 31.5 Å². The summed E-state index contributed by atoms with van der Waals surface area (Å²) >= 11 is 13.0. The number of nitrogens with one attached hydrogen (secondary N) is 3. The fourth-order valence-electron chi connectivity index (χ4n) is 2.14. The fourth-order valence-corrected chi connectivity index (χ4v) is 3.15. The van der Waals surface area contributed by atoms with Gasteiger partial charge in [0.05, 0.1) is 29.0 Å². The summed E-state index contributed by atoms with van der Waals surface area (Å²) in [5.74, 6) is -0.584. The highest BCUT2D eigenvalue weighted by atomic mass is 35.5. The van der Waals surface area contributed by atoms with Gasteiger partial charge in [-0.05, 0) is 48.2 Å². The van der Waals surface area contributed by atoms with Crippen molar-refractivity contribution in [2.75, 3.05) is 17.7 Å². The van der Waals surface area contributed by atoms with Crippen molar-refractivity contribution in [1.82, 2.24) is 20.4 Å². The second-order valence-corrected chi connectivity index (χ2v) is 7.40. The molecule has 0 atom stereocenters. The Bertz CT molecular complexity index is 1070. The number of pyridine rings is 1. The highest BCUT2D eigenvalue weighted by molar-refractivity contribution is 7.99. The molecule has 0 radical (unpaired) electrons. The predicted molar refractivity (Wildman–Crippen MR) is 114 cm³/mol. The Morgan fingerprint density at radius 1 is 0.967 bits per heavy atom. The molecule has 154 valence electrons. The third-order valence-electron chi connectivity index (χ3n) is 3.41. The van der Waals surface area contributed by atoms with Gasteiger partial charge < -0.3 is 10.6 Å². The third-order valence-corrected chi connectivity index (χ3v) is 5.03. The van der Waals surface area contributed by atoms with Crippen molar-refractivity contribution >= 4 is 58.3 Å². The summed E-state index contributed by atoms with van der Waals surface area (Å²) < 4.78 is 0. The van der Waals surface area contributed by atoms with Crippen molar-refractivity contribution in [3.05, 3.63) is 64.7 Å². The van der Waals surface area contributed by atoms with Crippen molar-refractivity contribution in [3.63, 3.8) is 0 Å². The number of carbonyl (C=O) groups is 2. The molecular weight excluding hydrogens is 451 g/mol. The summed E-state index contributed by atoms with van der Waals surface area (Å²) in [4.78, 5) is 40.7. The number of anilines is 2. The zero-order valence-electron chi connectivity index (χ0n) is 15.3. The molecule has 0 unspecified atom stereocenters. The molecule has 0 bridgehead atoms. The topological polar surface area (TPSA) is 118 Å². The van der Waals surface area contributed by atoms with E-state index in [1.54, 1.807) is 36.4 Å². The molecule has 0 aliphatic carbocycles. The lowest BCUT2D eigenvalue weighted by Crippen LogP contribution is -2.24. The van der Waals surface area contributed by atoms with E-state index in [4.69, 9.17) is 23.2 Å². The second-order valence-electron chi connectivity index (χ2n) is 5.55. The molecule has 3 aromatic rings. The number of amides is 3. The summed E-state index contributed by atoms with van der Waals surface area (Å²) in [6, 6.07) is 9.34. The number of nitrogens with zero attached hydrogens (tertiary/aromatic N) is 3. The Balaban J connectivity index is 1.59. The summed E-state index contributed by atoms with van der Waals surface area (Å²) in [5, 5.41) is 7.19. The van der Waals surface area contributed by atoms with Gasteiger partial charge in [0, 0.05) is 11.9 Å². The normalized spacial score (nSPS) is 10.4. The van der Waals surface area contributed by atoms with Gasteiger partial charge in [0.25, 0.3) is 0 Å². The maximum atomic E-state index is 12.1. The standard InChI is InChI=1S/C18H14Cl2N6O3S/c1-29-26-17(27)16-21-7-6-15(25-16)30-14-5-3-11(9-22-14)24-18(28)23-10-2-4-12(19)13(20)8-10/h2-9H,1H3,(H,26,27)(H2,23,24,28). The fraction of sp³-hybridized carbons (Fsp3) is 0.0556. The first-order valence-corrected chi connectivity index (χ1v) is 9.85. The van der Waals surface area contributed by atoms with Crippen LogP contribution >= 0.6 is 35.0 Å². The van der Waals surface area contributed by atoms with E-state index >= 15 is 0 Å². The van der Waals surface area contributed by atoms with Gasteiger partial charge >= 0.3 is 11.9 Å². The molecule has 2 heterocycles. The van der Waals surface area contributed by atoms with Crippen molar-refractivity contribution in [1.29, 1.82) is 0 Å². The lowest BCUT2D eigenvalue weighted by atomic mass is 10.3. The lowest BCUT2D eigenvalue weighted by molar-refractivity contribution is 0.0526. The molecule has 2 aromatic heterocycles. The monoisotopic (exact) mass is 464 g/mol. The van der Waals surface area contributed by atoms with Gasteiger partial charge in [-0.1, -0.05) is 23.2 Å². The van der Waals surface area contributed by atoms with Crippen LogP contribution in [0.4, 0.5) is 16.2 Å². The SMILES string of the molecule is CONC(=O)c1nccc(Sc2ccc(NC(=O)Nc3ccc(Cl)c(Cl)c3)cn2)n1. The first-order valence-electron chi connectivity index (χ1n) is 8.28. The molecule has 1 aromatic carbocycles. The Morgan fingerprint density at radius 3 is 2.43 bits per heavy atom. The van der Waals surface area contributed by atoms with Crippen LogP contribution in [0.3, 0.4) is 0 Å². The quantitative estimate of drug-likeness (QED) is 0.368. The van der Waals surface area contributed by atoms with Crippen molar-refractivity contribution < 1.29 is 14.4 Å². The average Bonchev–Trinajstić information content (AvgIpc) is 2.72. The minimum Gasteiger partial charge on any atom is -0.308 e. The van der Waals surface area contributed by atoms with Crippen LogP contribution in [0.2, 0.25) is 10.0 Å². The molecule has 3 rings (SSSR count). The zero-order chi connectivity index (χ0) is 21.5. The van der Waals surface area contributed by atoms with Gasteiger partial charge in [-0.3, -0.25) is 9.63 Å². The number of benzene rings is 1. The van der Waals surface area contributed by atoms with Gasteiger partial charge in [0.15, 0.2) is 0 Å². The smallest absolute Gasteiger partial charge is 0.308 e. The lowest BCUT2D eigenvalue weighted by Gasteiger charge is -2.09. The number of halogens is 2. The van der Waals surface area contributed by atoms with Crippen LogP contribution in [0.15, 0.2) is 58.8 Å². The number of hydroxylamine groups is 1. The summed E-state index contributed by atoms with van der Waals surface area (Å²) in [6.07, 6.45) is 2.96. The highest BCUT2D eigenvalue weighted by Crippen LogP contribution is 2.26. The van der Waals surface area contributed by atoms with E-state index < -0.39 is 11.9 Å². The first-order chi connectivity index (χ1) is 14.4. The number of hydrogen-bond acceptors (Lipinski definition) is 7. The Morgan fingerprint density at radius 2 is 1.73 bits per heavy atom. The summed E-state index contributed by atoms with van der Waals surface area (Å²) in [6.45, 7) is 0. The highest BCUT2D eigenvalue weighted by Gasteiger charge is 2.11. The van der Waals surface area contributed by atoms with Gasteiger partial charge in [0.2, 0.25) is 5.82 Å². The molecule has 0 saturated heterocycles. The van der Waals surface area contributed by atoms with Crippen LogP contribution in [0.1, 0.15) is 10.6 Å². The Kier molecular flexibility index (Phi) is 7.41. The van der Waals surface area contributed by atoms with Gasteiger partial charge in [0.1, 0.15) is 10.1 Å². The van der Waals surface area contributed by atoms with Crippen LogP contribution in [-0.2, 0) is 4.84 Å². The number of urea groups is 1. The molecular formula is C18H14Cl2N6O3S. The molecule has 9 nitrogen and oxygen atoms in total. The van der Waals surface area contributed by atoms with Crippen LogP contribution in [-0.4, -0.2) is 34.0 Å². The van der Waals surface area contributed by atoms with E-state index in [0.717, 1.165) is 0 Å². The van der Waals surface area contributed by atoms with Gasteiger partial charge in [-0.25, -0.2) is 25.2 Å². The predicted octanol–water partition coefficient (Wildman–Crippen LogP) is 4.26. The van der Waals surface area contributed by atoms with Crippen molar-refractivity contribution in [3.8, 4) is 0 Å². The first kappa shape index (κ1) is 21.8. The molecule has 0 fully saturated rings. The second kappa shape index (κ2) is 10.2. The van der Waals surface area contributed by atoms with Gasteiger partial charge in [-0.2, -0.15) is 0 Å². The zero-order valence-corrected chi connectivity index (χ0v) is 17.7. The van der Waals surface area contributed by atoms with E-state index in [9.17, 15) is 9.59 Å². The van der Waals surface area contributed by atoms with E-state index in [-0.39, 0.29) is 5.82 Å². The largest absolute Gasteiger partial charge is 0.323 e. The molecule has 3 amide bonds. The van der Waals surface area contributed by atoms with Crippen LogP contribution in [0.25, 0.3) is 0 Å². The van der Waals surface area contributed by atoms with Crippen molar-refractivity contribution in [2.45, 2.75) is 10.1 Å². The van der Waals surface area contributed by atoms with E-state index in [1.807, 2.05) is 0 Å². The summed E-state index contributed by atoms with van der Waals surface area (Å²) in [7, 11) is 1.32. The molecule has 30 heavy (non-hydrogen) atoms. The molecule has 0 aliphatic rings. The van der Waals surface area contributed by atoms with E-state index in [2.05, 4.69) is 35.9 Å². The molecule has 0 spiro atoms. The van der Waals surface area contributed by atoms with Gasteiger partial charge in [-0.15, -0.1) is 0 Å². The Hall–Kier alpha value is -2.92. The third kappa shape index (κ3) is 6.04. The number of carbonyl (C=O) groups excluding carboxylic acids is 2. The van der Waals surface area contributed by atoms with Crippen LogP contribution < -0.4 is 16.1 Å². The van der Waals surface area contributed by atoms with Crippen LogP contribution in [0, 0.1) is 0 Å². The number of hydrogen-bond donors (Lipinski definition) is 3. The minimum atomic E-state index is -0.555. The summed E-state index contributed by atoms with van der Waals surface area (Å²) in [5.41, 5.74) is 3.14. The molecule has 0 saturated carbocycles. The maximum Gasteiger partial charge on any atom is 0.323 e. The van der Waals surface area contributed by atoms with Crippen molar-refractivity contribution in [2.24, 2.45) is 0 Å². The number of rotatable bonds is 6. The molecule has 3 N–H and O–H groups in total.